The van der Waals surface area contributed by atoms with Gasteiger partial charge in [-0.25, -0.2) is 0 Å². The third-order valence-electron chi connectivity index (χ3n) is 2.42. The molecule has 4 heteroatoms. The number of para-hydroxylation sites is 1. The maximum absolute atomic E-state index is 5.89. The smallest absolute Gasteiger partial charge is 0.0627 e. The summed E-state index contributed by atoms with van der Waals surface area (Å²) in [6.45, 7) is 3.56. The van der Waals surface area contributed by atoms with Gasteiger partial charge in [-0.05, 0) is 11.6 Å². The molecule has 0 aliphatic carbocycles. The van der Waals surface area contributed by atoms with Crippen LogP contribution >= 0.6 is 0 Å². The average Bonchev–Trinajstić information content (AvgIpc) is 2.44. The van der Waals surface area contributed by atoms with Crippen molar-refractivity contribution in [3.63, 3.8) is 0 Å². The predicted octanol–water partition coefficient (Wildman–Crippen LogP) is 2.63. The van der Waals surface area contributed by atoms with Crippen LogP contribution in [0.5, 0.6) is 0 Å². The fourth-order valence-electron chi connectivity index (χ4n) is 1.51. The van der Waals surface area contributed by atoms with E-state index in [2.05, 4.69) is 20.8 Å². The topological polar surface area (TPSA) is 52.0 Å². The van der Waals surface area contributed by atoms with Crippen molar-refractivity contribution in [3.05, 3.63) is 61.2 Å². The molecule has 0 unspecified atom stereocenters. The summed E-state index contributed by atoms with van der Waals surface area (Å²) in [6.07, 6.45) is 1.94. The molecule has 4 N–H and O–H groups in total. The Morgan fingerprint density at radius 2 is 1.74 bits per heavy atom. The molecule has 0 aliphatic heterocycles. The first-order chi connectivity index (χ1) is 9.20. The summed E-state index contributed by atoms with van der Waals surface area (Å²) in [5.74, 6) is 0. The molecule has 0 bridgehead atoms. The maximum Gasteiger partial charge on any atom is 0.0627 e. The first-order valence-electron chi connectivity index (χ1n) is 5.77. The third-order valence-corrected chi connectivity index (χ3v) is 4.85. The summed E-state index contributed by atoms with van der Waals surface area (Å²) >= 11 is 3.31. The van der Waals surface area contributed by atoms with Gasteiger partial charge in [0.1, 0.15) is 0 Å². The Labute approximate surface area is 127 Å². The van der Waals surface area contributed by atoms with Gasteiger partial charge < -0.3 is 11.5 Å². The molecule has 0 amide bonds. The Morgan fingerprint density at radius 3 is 2.26 bits per heavy atom. The zero-order valence-electron chi connectivity index (χ0n) is 10.6. The summed E-state index contributed by atoms with van der Waals surface area (Å²) in [5.41, 5.74) is 15.0. The van der Waals surface area contributed by atoms with E-state index in [1.54, 1.807) is 0 Å². The number of hydrogen-bond donors (Lipinski definition) is 2. The fourth-order valence-corrected chi connectivity index (χ4v) is 2.88. The van der Waals surface area contributed by atoms with E-state index in [9.17, 15) is 0 Å². The molecular formula is C15H18N2Se2. The van der Waals surface area contributed by atoms with Gasteiger partial charge in [0.25, 0.3) is 0 Å². The van der Waals surface area contributed by atoms with Crippen molar-refractivity contribution in [1.29, 1.82) is 0 Å². The quantitative estimate of drug-likeness (QED) is 0.486. The molecule has 2 rings (SSSR count). The number of hydrogen-bond acceptors (Lipinski definition) is 2. The van der Waals surface area contributed by atoms with Crippen molar-refractivity contribution in [2.45, 2.75) is 5.32 Å². The van der Waals surface area contributed by atoms with Crippen LogP contribution in [0, 0.1) is 0 Å². The Kier molecular flexibility index (Phi) is 7.39. The second-order valence-electron chi connectivity index (χ2n) is 3.76. The van der Waals surface area contributed by atoms with Crippen LogP contribution < -0.4 is 11.5 Å². The first kappa shape index (κ1) is 15.9. The number of benzene rings is 2. The largest absolute Gasteiger partial charge is 0.397 e. The average molecular weight is 384 g/mol. The number of nitrogens with two attached hydrogens (primary N) is 2. The molecule has 0 saturated carbocycles. The van der Waals surface area contributed by atoms with Crippen molar-refractivity contribution in [2.24, 2.45) is 0 Å². The summed E-state index contributed by atoms with van der Waals surface area (Å²) in [5, 5.41) is 1.19. The van der Waals surface area contributed by atoms with Gasteiger partial charge >= 0.3 is 45.3 Å². The Morgan fingerprint density at radius 1 is 1.05 bits per heavy atom. The van der Waals surface area contributed by atoms with Gasteiger partial charge in [0.15, 0.2) is 0 Å². The van der Waals surface area contributed by atoms with E-state index in [0.717, 1.165) is 24.3 Å². The van der Waals surface area contributed by atoms with Gasteiger partial charge in [-0.3, -0.25) is 0 Å². The second kappa shape index (κ2) is 8.84. The number of nitrogen functional groups attached to an aromatic ring is 2. The zero-order valence-corrected chi connectivity index (χ0v) is 14.2. The normalized spacial score (nSPS) is 9.32. The maximum atomic E-state index is 5.89. The van der Waals surface area contributed by atoms with Crippen LogP contribution in [-0.4, -0.2) is 27.3 Å². The first-order valence-corrected chi connectivity index (χ1v) is 11.7. The standard InChI is InChI=1S/C12H12N2.C3H6Se2/c13-11-8-4-7-10(12(11)14)9-5-2-1-3-6-9;1-2-3-5-4/h1-8H,13-14H2;2,4H,1,3H2. The summed E-state index contributed by atoms with van der Waals surface area (Å²) in [7, 11) is 0. The predicted molar refractivity (Wildman–Crippen MR) is 88.6 cm³/mol. The minimum atomic E-state index is 0.631. The molecule has 0 fully saturated rings. The van der Waals surface area contributed by atoms with E-state index in [4.69, 9.17) is 11.5 Å². The number of allylic oxidation sites excluding steroid dienone is 1. The van der Waals surface area contributed by atoms with Crippen LogP contribution in [0.1, 0.15) is 0 Å². The Balaban J connectivity index is 0.000000312. The third kappa shape index (κ3) is 5.14. The molecule has 0 saturated heterocycles. The van der Waals surface area contributed by atoms with Gasteiger partial charge in [-0.15, -0.1) is 0 Å². The van der Waals surface area contributed by atoms with Crippen LogP contribution in [0.15, 0.2) is 61.2 Å². The van der Waals surface area contributed by atoms with Crippen molar-refractivity contribution in [3.8, 4) is 11.1 Å². The van der Waals surface area contributed by atoms with Crippen LogP contribution in [0.3, 0.4) is 0 Å². The molecule has 0 spiro atoms. The molecule has 0 aromatic heterocycles. The van der Waals surface area contributed by atoms with Gasteiger partial charge in [-0.1, -0.05) is 42.5 Å². The molecule has 2 nitrogen and oxygen atoms in total. The number of anilines is 2. The summed E-state index contributed by atoms with van der Waals surface area (Å²) in [4.78, 5) is 0. The molecular weight excluding hydrogens is 366 g/mol. The molecule has 100 valence electrons. The molecule has 2 aromatic rings. The SMILES string of the molecule is C=CC[Se][SeH].Nc1cccc(-c2ccccc2)c1N. The van der Waals surface area contributed by atoms with E-state index in [1.165, 1.54) is 5.32 Å². The van der Waals surface area contributed by atoms with Gasteiger partial charge in [0, 0.05) is 5.56 Å². The van der Waals surface area contributed by atoms with Crippen LogP contribution in [-0.2, 0) is 0 Å². The molecule has 19 heavy (non-hydrogen) atoms. The van der Waals surface area contributed by atoms with E-state index >= 15 is 0 Å². The van der Waals surface area contributed by atoms with Crippen LogP contribution in [0.4, 0.5) is 11.4 Å². The van der Waals surface area contributed by atoms with E-state index in [0.29, 0.717) is 11.4 Å². The van der Waals surface area contributed by atoms with Gasteiger partial charge in [0.2, 0.25) is 0 Å². The van der Waals surface area contributed by atoms with Crippen molar-refractivity contribution in [2.75, 3.05) is 11.5 Å². The van der Waals surface area contributed by atoms with E-state index < -0.39 is 0 Å². The van der Waals surface area contributed by atoms with Crippen molar-refractivity contribution in [1.82, 2.24) is 0 Å². The second-order valence-corrected chi connectivity index (χ2v) is 7.81. The molecule has 0 aliphatic rings. The zero-order chi connectivity index (χ0) is 14.1. The minimum absolute atomic E-state index is 0.631. The fraction of sp³-hybridized carbons (Fsp3) is 0.0667. The molecule has 0 atom stereocenters. The Hall–Kier alpha value is -1.18. The van der Waals surface area contributed by atoms with Crippen molar-refractivity contribution < 1.29 is 0 Å². The summed E-state index contributed by atoms with van der Waals surface area (Å²) in [6, 6.07) is 15.7. The minimum Gasteiger partial charge on any atom is -0.397 e. The van der Waals surface area contributed by atoms with Gasteiger partial charge in [-0.2, -0.15) is 0 Å². The van der Waals surface area contributed by atoms with Crippen LogP contribution in [0.25, 0.3) is 11.1 Å². The van der Waals surface area contributed by atoms with Crippen LogP contribution in [0.2, 0.25) is 5.32 Å². The molecule has 0 radical (unpaired) electrons. The molecule has 0 heterocycles. The van der Waals surface area contributed by atoms with E-state index in [-0.39, 0.29) is 0 Å². The monoisotopic (exact) mass is 386 g/mol. The van der Waals surface area contributed by atoms with Gasteiger partial charge in [0.05, 0.1) is 11.4 Å². The van der Waals surface area contributed by atoms with Crippen molar-refractivity contribution >= 4 is 38.7 Å². The molecule has 2 aromatic carbocycles. The summed E-state index contributed by atoms with van der Waals surface area (Å²) < 4.78 is 0. The van der Waals surface area contributed by atoms with E-state index in [1.807, 2.05) is 54.6 Å². The number of rotatable bonds is 3. The Bertz CT molecular complexity index is 513.